The van der Waals surface area contributed by atoms with Crippen molar-refractivity contribution in [3.8, 4) is 0 Å². The minimum absolute atomic E-state index is 0.236. The van der Waals surface area contributed by atoms with Crippen LogP contribution in [0.15, 0.2) is 12.7 Å². The lowest BCUT2D eigenvalue weighted by Crippen LogP contribution is -2.40. The lowest BCUT2D eigenvalue weighted by molar-refractivity contribution is -0.122. The molecule has 0 saturated heterocycles. The maximum Gasteiger partial charge on any atom is 0.222 e. The number of aliphatic hydroxyl groups excluding tert-OH is 2. The molecule has 1 rings (SSSR count). The summed E-state index contributed by atoms with van der Waals surface area (Å²) in [6, 6.07) is -0.590. The quantitative estimate of drug-likeness (QED) is 0.515. The summed E-state index contributed by atoms with van der Waals surface area (Å²) < 4.78 is 1.53. The molecular weight excluding hydrogens is 200 g/mol. The molecule has 1 aromatic rings. The summed E-state index contributed by atoms with van der Waals surface area (Å²) in [4.78, 5) is 15.0. The van der Waals surface area contributed by atoms with Crippen LogP contribution < -0.4 is 5.32 Å². The number of aliphatic hydroxyl groups is 2. The van der Waals surface area contributed by atoms with Gasteiger partial charge in [-0.25, -0.2) is 4.98 Å². The molecule has 0 radical (unpaired) electrons. The predicted molar refractivity (Wildman–Crippen MR) is 50.7 cm³/mol. The van der Waals surface area contributed by atoms with E-state index in [9.17, 15) is 4.79 Å². The number of nitrogens with one attached hydrogen (secondary N) is 1. The molecule has 0 aliphatic rings. The molecule has 0 spiro atoms. The monoisotopic (exact) mass is 214 g/mol. The fourth-order valence-corrected chi connectivity index (χ4v) is 1.01. The van der Waals surface area contributed by atoms with E-state index in [1.165, 1.54) is 17.3 Å². The Morgan fingerprint density at radius 2 is 2.20 bits per heavy atom. The van der Waals surface area contributed by atoms with Gasteiger partial charge in [0.2, 0.25) is 5.91 Å². The largest absolute Gasteiger partial charge is 0.394 e. The highest BCUT2D eigenvalue weighted by Gasteiger charge is 2.09. The van der Waals surface area contributed by atoms with Gasteiger partial charge in [0.05, 0.1) is 25.8 Å². The van der Waals surface area contributed by atoms with Gasteiger partial charge >= 0.3 is 0 Å². The minimum Gasteiger partial charge on any atom is -0.394 e. The molecule has 0 aliphatic heterocycles. The summed E-state index contributed by atoms with van der Waals surface area (Å²) in [5, 5.41) is 23.8. The molecule has 1 amide bonds. The smallest absolute Gasteiger partial charge is 0.222 e. The van der Waals surface area contributed by atoms with Gasteiger partial charge in [0, 0.05) is 6.42 Å². The van der Waals surface area contributed by atoms with Gasteiger partial charge in [-0.1, -0.05) is 0 Å². The Balaban J connectivity index is 2.24. The number of carbonyl (C=O) groups is 1. The van der Waals surface area contributed by atoms with Crippen LogP contribution in [0.1, 0.15) is 6.42 Å². The van der Waals surface area contributed by atoms with E-state index in [2.05, 4.69) is 15.4 Å². The predicted octanol–water partition coefficient (Wildman–Crippen LogP) is -1.86. The molecule has 0 aromatic carbocycles. The molecule has 0 unspecified atom stereocenters. The van der Waals surface area contributed by atoms with Gasteiger partial charge < -0.3 is 15.5 Å². The van der Waals surface area contributed by atoms with Crippen LogP contribution in [0.3, 0.4) is 0 Å². The number of amides is 1. The molecule has 0 saturated carbocycles. The van der Waals surface area contributed by atoms with Crippen molar-refractivity contribution < 1.29 is 15.0 Å². The minimum atomic E-state index is -0.590. The van der Waals surface area contributed by atoms with Gasteiger partial charge in [-0.3, -0.25) is 9.48 Å². The highest BCUT2D eigenvalue weighted by molar-refractivity contribution is 5.76. The fraction of sp³-hybridized carbons (Fsp3) is 0.625. The third-order valence-corrected chi connectivity index (χ3v) is 1.84. The SMILES string of the molecule is O=C(CCn1cncn1)NC(CO)CO. The van der Waals surface area contributed by atoms with Gasteiger partial charge in [0.15, 0.2) is 0 Å². The zero-order chi connectivity index (χ0) is 11.1. The summed E-state index contributed by atoms with van der Waals surface area (Å²) >= 11 is 0. The number of hydrogen-bond donors (Lipinski definition) is 3. The van der Waals surface area contributed by atoms with Crippen LogP contribution in [0.4, 0.5) is 0 Å². The first-order valence-electron chi connectivity index (χ1n) is 4.59. The van der Waals surface area contributed by atoms with Crippen molar-refractivity contribution in [2.75, 3.05) is 13.2 Å². The first kappa shape index (κ1) is 11.6. The summed E-state index contributed by atoms with van der Waals surface area (Å²) in [6.45, 7) is -0.119. The van der Waals surface area contributed by atoms with Crippen LogP contribution in [-0.4, -0.2) is 50.1 Å². The Labute approximate surface area is 86.7 Å². The van der Waals surface area contributed by atoms with Crippen LogP contribution in [-0.2, 0) is 11.3 Å². The van der Waals surface area contributed by atoms with E-state index in [1.807, 2.05) is 0 Å². The Hall–Kier alpha value is -1.47. The molecular formula is C8H14N4O3. The Kier molecular flexibility index (Phi) is 4.72. The van der Waals surface area contributed by atoms with Gasteiger partial charge in [0.1, 0.15) is 12.7 Å². The topological polar surface area (TPSA) is 100 Å². The number of aromatic nitrogens is 3. The molecule has 1 heterocycles. The zero-order valence-electron chi connectivity index (χ0n) is 8.20. The number of nitrogens with zero attached hydrogens (tertiary/aromatic N) is 3. The van der Waals surface area contributed by atoms with Crippen LogP contribution in [0.2, 0.25) is 0 Å². The summed E-state index contributed by atoms with van der Waals surface area (Å²) in [5.41, 5.74) is 0. The van der Waals surface area contributed by atoms with Gasteiger partial charge in [-0.15, -0.1) is 0 Å². The van der Waals surface area contributed by atoms with Crippen molar-refractivity contribution in [1.29, 1.82) is 0 Å². The normalized spacial score (nSPS) is 10.6. The highest BCUT2D eigenvalue weighted by atomic mass is 16.3. The molecule has 0 fully saturated rings. The number of rotatable bonds is 6. The first-order chi connectivity index (χ1) is 7.26. The molecule has 1 aromatic heterocycles. The van der Waals surface area contributed by atoms with Crippen LogP contribution in [0, 0.1) is 0 Å². The third-order valence-electron chi connectivity index (χ3n) is 1.84. The van der Waals surface area contributed by atoms with Gasteiger partial charge in [-0.05, 0) is 0 Å². The second-order valence-corrected chi connectivity index (χ2v) is 3.04. The molecule has 0 bridgehead atoms. The molecule has 0 atom stereocenters. The second-order valence-electron chi connectivity index (χ2n) is 3.04. The molecule has 0 aliphatic carbocycles. The maximum atomic E-state index is 11.3. The fourth-order valence-electron chi connectivity index (χ4n) is 1.01. The molecule has 15 heavy (non-hydrogen) atoms. The Bertz CT molecular complexity index is 284. The van der Waals surface area contributed by atoms with E-state index in [4.69, 9.17) is 10.2 Å². The Morgan fingerprint density at radius 1 is 1.47 bits per heavy atom. The van der Waals surface area contributed by atoms with Crippen molar-refractivity contribution in [3.63, 3.8) is 0 Å². The van der Waals surface area contributed by atoms with Crippen LogP contribution >= 0.6 is 0 Å². The van der Waals surface area contributed by atoms with E-state index in [0.29, 0.717) is 6.54 Å². The second kappa shape index (κ2) is 6.10. The molecule has 7 heteroatoms. The molecule has 84 valence electrons. The zero-order valence-corrected chi connectivity index (χ0v) is 8.20. The standard InChI is InChI=1S/C8H14N4O3/c13-3-7(4-14)11-8(15)1-2-12-6-9-5-10-12/h5-7,13-14H,1-4H2,(H,11,15). The first-order valence-corrected chi connectivity index (χ1v) is 4.59. The Morgan fingerprint density at radius 3 is 2.73 bits per heavy atom. The average molecular weight is 214 g/mol. The van der Waals surface area contributed by atoms with Gasteiger partial charge in [0.25, 0.3) is 0 Å². The molecule has 7 nitrogen and oxygen atoms in total. The average Bonchev–Trinajstić information content (AvgIpc) is 2.75. The lowest BCUT2D eigenvalue weighted by Gasteiger charge is -2.12. The van der Waals surface area contributed by atoms with E-state index in [1.54, 1.807) is 0 Å². The van der Waals surface area contributed by atoms with Crippen molar-refractivity contribution in [2.24, 2.45) is 0 Å². The van der Waals surface area contributed by atoms with Crippen molar-refractivity contribution in [1.82, 2.24) is 20.1 Å². The maximum absolute atomic E-state index is 11.3. The lowest BCUT2D eigenvalue weighted by atomic mass is 10.3. The highest BCUT2D eigenvalue weighted by Crippen LogP contribution is 1.89. The summed E-state index contributed by atoms with van der Waals surface area (Å²) in [6.07, 6.45) is 3.14. The van der Waals surface area contributed by atoms with E-state index in [0.717, 1.165) is 0 Å². The van der Waals surface area contributed by atoms with Crippen molar-refractivity contribution >= 4 is 5.91 Å². The van der Waals surface area contributed by atoms with E-state index < -0.39 is 6.04 Å². The van der Waals surface area contributed by atoms with E-state index in [-0.39, 0.29) is 25.5 Å². The number of hydrogen-bond acceptors (Lipinski definition) is 5. The van der Waals surface area contributed by atoms with E-state index >= 15 is 0 Å². The van der Waals surface area contributed by atoms with Crippen LogP contribution in [0.5, 0.6) is 0 Å². The number of carbonyl (C=O) groups excluding carboxylic acids is 1. The molecule has 3 N–H and O–H groups in total. The van der Waals surface area contributed by atoms with Crippen molar-refractivity contribution in [2.45, 2.75) is 19.0 Å². The van der Waals surface area contributed by atoms with Crippen molar-refractivity contribution in [3.05, 3.63) is 12.7 Å². The number of aryl methyl sites for hydroxylation is 1. The summed E-state index contributed by atoms with van der Waals surface area (Å²) in [5.74, 6) is -0.237. The van der Waals surface area contributed by atoms with Gasteiger partial charge in [-0.2, -0.15) is 5.10 Å². The summed E-state index contributed by atoms with van der Waals surface area (Å²) in [7, 11) is 0. The third kappa shape index (κ3) is 4.05. The van der Waals surface area contributed by atoms with Crippen LogP contribution in [0.25, 0.3) is 0 Å².